The van der Waals surface area contributed by atoms with Crippen molar-refractivity contribution >= 4 is 51.4 Å². The highest BCUT2D eigenvalue weighted by atomic mass is 32.2. The highest BCUT2D eigenvalue weighted by Crippen LogP contribution is 2.66. The zero-order valence-corrected chi connectivity index (χ0v) is 39.1. The molecule has 3 heteroatoms. The van der Waals surface area contributed by atoms with Crippen LogP contribution in [0.25, 0.3) is 44.2 Å². The van der Waals surface area contributed by atoms with E-state index in [0.717, 1.165) is 17.1 Å². The Kier molecular flexibility index (Phi) is 8.43. The Morgan fingerprint density at radius 1 is 0.275 bits per heavy atom. The summed E-state index contributed by atoms with van der Waals surface area (Å²) in [6.45, 7) is 0. The molecular formula is C66H41NS2. The number of nitrogens with zero attached hydrogens (tertiary/aromatic N) is 1. The first-order valence-electron chi connectivity index (χ1n) is 23.8. The van der Waals surface area contributed by atoms with Crippen LogP contribution >= 0.6 is 23.5 Å². The molecule has 0 radical (unpaired) electrons. The lowest BCUT2D eigenvalue weighted by Crippen LogP contribution is -2.32. The molecule has 11 aromatic carbocycles. The molecule has 69 heavy (non-hydrogen) atoms. The van der Waals surface area contributed by atoms with Crippen molar-refractivity contribution in [2.24, 2.45) is 0 Å². The summed E-state index contributed by atoms with van der Waals surface area (Å²) in [5, 5.41) is 2.42. The Labute approximate surface area is 410 Å². The van der Waals surface area contributed by atoms with Gasteiger partial charge in [0.2, 0.25) is 0 Å². The third-order valence-electron chi connectivity index (χ3n) is 15.4. The van der Waals surface area contributed by atoms with Crippen molar-refractivity contribution in [2.75, 3.05) is 4.90 Å². The Bertz CT molecular complexity index is 3850. The molecule has 11 aromatic rings. The summed E-state index contributed by atoms with van der Waals surface area (Å²) >= 11 is 3.79. The molecule has 0 saturated carbocycles. The van der Waals surface area contributed by atoms with Gasteiger partial charge in [0.15, 0.2) is 0 Å². The van der Waals surface area contributed by atoms with Crippen LogP contribution in [-0.2, 0) is 10.8 Å². The standard InChI is InChI=1S/C66H41NS2/c1-2-19-42(20-3-1)44-38-40-58(47-23-5-4-21-45(44)47)67(43-37-39-52-49(41-43)46-22-6-8-25-50(46)65(52)53-27-10-14-33-60(53)68-61-34-15-11-28-54(61)65)59-32-18-31-57-64(59)48-24-7-9-26-51(48)66(57)55-29-12-16-35-62(55)69-63-36-17-13-30-56(63)66/h1-41H. The van der Waals surface area contributed by atoms with Gasteiger partial charge in [-0.05, 0) is 126 Å². The van der Waals surface area contributed by atoms with Crippen molar-refractivity contribution in [1.82, 2.24) is 0 Å². The third kappa shape index (κ3) is 5.24. The molecule has 4 aliphatic rings. The second kappa shape index (κ2) is 14.8. The Balaban J connectivity index is 1.04. The summed E-state index contributed by atoms with van der Waals surface area (Å²) in [4.78, 5) is 7.82. The van der Waals surface area contributed by atoms with Crippen molar-refractivity contribution in [3.63, 3.8) is 0 Å². The molecule has 1 nitrogen and oxygen atoms in total. The van der Waals surface area contributed by atoms with Crippen molar-refractivity contribution in [3.05, 3.63) is 293 Å². The summed E-state index contributed by atoms with van der Waals surface area (Å²) < 4.78 is 0. The lowest BCUT2D eigenvalue weighted by Gasteiger charge is -2.40. The molecule has 0 amide bonds. The number of fused-ring (bicyclic) bond motifs is 19. The fraction of sp³-hybridized carbons (Fsp3) is 0.0303. The second-order valence-electron chi connectivity index (χ2n) is 18.6. The summed E-state index contributed by atoms with van der Waals surface area (Å²) in [6, 6.07) is 93.8. The Morgan fingerprint density at radius 2 is 0.739 bits per heavy atom. The van der Waals surface area contributed by atoms with E-state index in [1.54, 1.807) is 0 Å². The minimum atomic E-state index is -0.506. The highest BCUT2D eigenvalue weighted by molar-refractivity contribution is 7.99. The van der Waals surface area contributed by atoms with Crippen molar-refractivity contribution in [1.29, 1.82) is 0 Å². The van der Waals surface area contributed by atoms with Gasteiger partial charge in [-0.2, -0.15) is 0 Å². The Morgan fingerprint density at radius 3 is 1.36 bits per heavy atom. The lowest BCUT2D eigenvalue weighted by molar-refractivity contribution is 0.722. The molecule has 2 aliphatic heterocycles. The molecule has 322 valence electrons. The van der Waals surface area contributed by atoms with Gasteiger partial charge in [0.1, 0.15) is 0 Å². The zero-order chi connectivity index (χ0) is 45.3. The largest absolute Gasteiger partial charge is 0.309 e. The minimum absolute atomic E-state index is 0.461. The van der Waals surface area contributed by atoms with E-state index in [1.165, 1.54) is 108 Å². The van der Waals surface area contributed by atoms with Crippen LogP contribution in [0.5, 0.6) is 0 Å². The summed E-state index contributed by atoms with van der Waals surface area (Å²) in [5.41, 5.74) is 20.7. The molecule has 0 bridgehead atoms. The quantitative estimate of drug-likeness (QED) is 0.173. The van der Waals surface area contributed by atoms with Crippen LogP contribution in [0.4, 0.5) is 17.1 Å². The molecule has 2 aliphatic carbocycles. The van der Waals surface area contributed by atoms with Crippen LogP contribution in [-0.4, -0.2) is 0 Å². The first kappa shape index (κ1) is 39.2. The highest BCUT2D eigenvalue weighted by Gasteiger charge is 2.52. The number of hydrogen-bond donors (Lipinski definition) is 0. The topological polar surface area (TPSA) is 3.24 Å². The van der Waals surface area contributed by atoms with Gasteiger partial charge in [0.25, 0.3) is 0 Å². The smallest absolute Gasteiger partial charge is 0.0736 e. The predicted octanol–water partition coefficient (Wildman–Crippen LogP) is 17.6. The number of hydrogen-bond acceptors (Lipinski definition) is 3. The molecule has 2 spiro atoms. The van der Waals surface area contributed by atoms with E-state index in [4.69, 9.17) is 0 Å². The first-order chi connectivity index (χ1) is 34.2. The van der Waals surface area contributed by atoms with E-state index >= 15 is 0 Å². The van der Waals surface area contributed by atoms with Crippen molar-refractivity contribution in [2.45, 2.75) is 30.4 Å². The van der Waals surface area contributed by atoms with Gasteiger partial charge < -0.3 is 4.90 Å². The molecular weight excluding hydrogens is 871 g/mol. The average Bonchev–Trinajstić information content (AvgIpc) is 3.87. The van der Waals surface area contributed by atoms with E-state index in [9.17, 15) is 0 Å². The van der Waals surface area contributed by atoms with E-state index < -0.39 is 10.8 Å². The van der Waals surface area contributed by atoms with Crippen LogP contribution in [0, 0.1) is 0 Å². The third-order valence-corrected chi connectivity index (χ3v) is 17.7. The van der Waals surface area contributed by atoms with E-state index in [1.807, 2.05) is 23.5 Å². The molecule has 0 unspecified atom stereocenters. The van der Waals surface area contributed by atoms with Gasteiger partial charge in [-0.15, -0.1) is 0 Å². The van der Waals surface area contributed by atoms with Gasteiger partial charge in [0, 0.05) is 36.2 Å². The maximum absolute atomic E-state index is 2.59. The SMILES string of the molecule is c1ccc(-c2ccc(N(c3ccc4c(c3)-c3ccccc3C43c4ccccc4Sc4ccccc43)c3cccc4c3-c3ccccc3C43c4ccccc4Sc4ccccc43)c3ccccc23)cc1. The van der Waals surface area contributed by atoms with Crippen LogP contribution < -0.4 is 4.90 Å². The average molecular weight is 912 g/mol. The van der Waals surface area contributed by atoms with Crippen LogP contribution in [0.3, 0.4) is 0 Å². The first-order valence-corrected chi connectivity index (χ1v) is 25.5. The van der Waals surface area contributed by atoms with Crippen molar-refractivity contribution in [3.8, 4) is 33.4 Å². The number of rotatable bonds is 4. The van der Waals surface area contributed by atoms with Crippen LogP contribution in [0.15, 0.2) is 268 Å². The Hall–Kier alpha value is -7.82. The molecule has 0 fully saturated rings. The maximum atomic E-state index is 2.59. The van der Waals surface area contributed by atoms with Gasteiger partial charge in [-0.3, -0.25) is 0 Å². The summed E-state index contributed by atoms with van der Waals surface area (Å²) in [6.07, 6.45) is 0. The molecule has 0 atom stereocenters. The number of benzene rings is 11. The number of anilines is 3. The summed E-state index contributed by atoms with van der Waals surface area (Å²) in [7, 11) is 0. The fourth-order valence-corrected chi connectivity index (χ4v) is 15.2. The maximum Gasteiger partial charge on any atom is 0.0736 e. The van der Waals surface area contributed by atoms with Crippen molar-refractivity contribution < 1.29 is 0 Å². The molecule has 0 aromatic heterocycles. The van der Waals surface area contributed by atoms with Crippen LogP contribution in [0.1, 0.15) is 44.5 Å². The zero-order valence-electron chi connectivity index (χ0n) is 37.4. The van der Waals surface area contributed by atoms with E-state index in [0.29, 0.717) is 0 Å². The second-order valence-corrected chi connectivity index (χ2v) is 20.8. The van der Waals surface area contributed by atoms with E-state index in [-0.39, 0.29) is 0 Å². The van der Waals surface area contributed by atoms with Gasteiger partial charge >= 0.3 is 0 Å². The van der Waals surface area contributed by atoms with Gasteiger partial charge in [-0.25, -0.2) is 0 Å². The minimum Gasteiger partial charge on any atom is -0.309 e. The molecule has 0 saturated heterocycles. The molecule has 0 N–H and O–H groups in total. The van der Waals surface area contributed by atoms with E-state index in [2.05, 4.69) is 254 Å². The predicted molar refractivity (Wildman–Crippen MR) is 287 cm³/mol. The monoisotopic (exact) mass is 911 g/mol. The van der Waals surface area contributed by atoms with Gasteiger partial charge in [-0.1, -0.05) is 224 Å². The molecule has 15 rings (SSSR count). The van der Waals surface area contributed by atoms with Gasteiger partial charge in [0.05, 0.1) is 22.2 Å². The normalized spacial score (nSPS) is 14.5. The van der Waals surface area contributed by atoms with Crippen LogP contribution in [0.2, 0.25) is 0 Å². The summed E-state index contributed by atoms with van der Waals surface area (Å²) in [5.74, 6) is 0. The fourth-order valence-electron chi connectivity index (χ4n) is 12.8. The lowest BCUT2D eigenvalue weighted by atomic mass is 9.67. The molecule has 2 heterocycles.